The Bertz CT molecular complexity index is 262. The summed E-state index contributed by atoms with van der Waals surface area (Å²) in [6.07, 6.45) is -1.17. The Hall–Kier alpha value is -1.50. The Labute approximate surface area is 101 Å². The zero-order valence-corrected chi connectivity index (χ0v) is 10.9. The second-order valence-electron chi connectivity index (χ2n) is 4.34. The first kappa shape index (κ1) is 15.5. The Balaban J connectivity index is 3.82. The van der Waals surface area contributed by atoms with Gasteiger partial charge in [0.15, 0.2) is 0 Å². The van der Waals surface area contributed by atoms with E-state index in [1.807, 2.05) is 5.48 Å². The fourth-order valence-corrected chi connectivity index (χ4v) is 0.819. The minimum Gasteiger partial charge on any atom is -0.446 e. The Morgan fingerprint density at radius 3 is 2.35 bits per heavy atom. The summed E-state index contributed by atoms with van der Waals surface area (Å²) in [6, 6.07) is 0. The number of amides is 2. The molecule has 0 spiro atoms. The summed E-state index contributed by atoms with van der Waals surface area (Å²) in [6.45, 7) is 5.64. The molecule has 0 aromatic carbocycles. The molecule has 0 aromatic rings. The van der Waals surface area contributed by atoms with Gasteiger partial charge in [0.2, 0.25) is 0 Å². The summed E-state index contributed by atoms with van der Waals surface area (Å²) >= 11 is 0. The van der Waals surface area contributed by atoms with Gasteiger partial charge in [0.25, 0.3) is 0 Å². The molecular formula is C10H20N2O5. The highest BCUT2D eigenvalue weighted by molar-refractivity contribution is 5.68. The van der Waals surface area contributed by atoms with E-state index in [1.165, 1.54) is 12.0 Å². The van der Waals surface area contributed by atoms with Gasteiger partial charge in [0.1, 0.15) is 12.2 Å². The van der Waals surface area contributed by atoms with Crippen molar-refractivity contribution >= 4 is 12.2 Å². The Morgan fingerprint density at radius 2 is 1.88 bits per heavy atom. The van der Waals surface area contributed by atoms with Gasteiger partial charge < -0.3 is 14.4 Å². The van der Waals surface area contributed by atoms with Crippen LogP contribution in [0.15, 0.2) is 0 Å². The maximum Gasteiger partial charge on any atom is 0.431 e. The molecule has 17 heavy (non-hydrogen) atoms. The molecule has 0 heterocycles. The first-order chi connectivity index (χ1) is 7.76. The maximum atomic E-state index is 11.5. The number of hydrogen-bond donors (Lipinski definition) is 1. The van der Waals surface area contributed by atoms with Crippen molar-refractivity contribution in [3.8, 4) is 0 Å². The van der Waals surface area contributed by atoms with E-state index in [4.69, 9.17) is 9.47 Å². The maximum absolute atomic E-state index is 11.5. The molecule has 0 saturated carbocycles. The van der Waals surface area contributed by atoms with Gasteiger partial charge in [-0.1, -0.05) is 0 Å². The molecule has 0 unspecified atom stereocenters. The number of carbonyl (C=O) groups is 2. The van der Waals surface area contributed by atoms with Gasteiger partial charge in [-0.05, 0) is 20.8 Å². The van der Waals surface area contributed by atoms with Crippen LogP contribution in [0.5, 0.6) is 0 Å². The smallest absolute Gasteiger partial charge is 0.431 e. The van der Waals surface area contributed by atoms with Crippen LogP contribution in [-0.2, 0) is 14.3 Å². The first-order valence-electron chi connectivity index (χ1n) is 5.16. The summed E-state index contributed by atoms with van der Waals surface area (Å²) in [5.74, 6) is 0. The van der Waals surface area contributed by atoms with Gasteiger partial charge in [-0.25, -0.2) is 9.59 Å². The lowest BCUT2D eigenvalue weighted by Gasteiger charge is -2.24. The minimum absolute atomic E-state index is 0.0605. The molecule has 100 valence electrons. The lowest BCUT2D eigenvalue weighted by Crippen LogP contribution is -2.36. The second-order valence-corrected chi connectivity index (χ2v) is 4.34. The molecule has 0 aromatic heterocycles. The molecule has 0 saturated heterocycles. The number of nitrogens with one attached hydrogen (secondary N) is 1. The van der Waals surface area contributed by atoms with Crippen molar-refractivity contribution in [3.05, 3.63) is 0 Å². The predicted octanol–water partition coefficient (Wildman–Crippen LogP) is 1.14. The zero-order valence-electron chi connectivity index (χ0n) is 10.9. The molecule has 0 bridgehead atoms. The molecule has 0 fully saturated rings. The minimum atomic E-state index is -0.704. The van der Waals surface area contributed by atoms with Crippen LogP contribution in [0.3, 0.4) is 0 Å². The number of likely N-dealkylation sites (N-methyl/N-ethyl adjacent to an activating group) is 1. The monoisotopic (exact) mass is 248 g/mol. The average Bonchev–Trinajstić information content (AvgIpc) is 2.15. The van der Waals surface area contributed by atoms with E-state index in [-0.39, 0.29) is 13.2 Å². The zero-order chi connectivity index (χ0) is 13.5. The lowest BCUT2D eigenvalue weighted by molar-refractivity contribution is 0.0227. The fourth-order valence-electron chi connectivity index (χ4n) is 0.819. The lowest BCUT2D eigenvalue weighted by atomic mass is 10.2. The fraction of sp³-hybridized carbons (Fsp3) is 0.800. The number of hydroxylamine groups is 1. The van der Waals surface area contributed by atoms with Gasteiger partial charge in [-0.3, -0.25) is 4.84 Å². The van der Waals surface area contributed by atoms with E-state index >= 15 is 0 Å². The van der Waals surface area contributed by atoms with Crippen LogP contribution in [0.25, 0.3) is 0 Å². The van der Waals surface area contributed by atoms with Crippen LogP contribution < -0.4 is 5.48 Å². The van der Waals surface area contributed by atoms with Gasteiger partial charge >= 0.3 is 12.2 Å². The van der Waals surface area contributed by atoms with E-state index in [0.29, 0.717) is 0 Å². The quantitative estimate of drug-likeness (QED) is 0.755. The first-order valence-corrected chi connectivity index (χ1v) is 5.16. The van der Waals surface area contributed by atoms with Crippen LogP contribution in [0, 0.1) is 0 Å². The molecule has 0 atom stereocenters. The van der Waals surface area contributed by atoms with Crippen molar-refractivity contribution in [3.63, 3.8) is 0 Å². The molecule has 7 nitrogen and oxygen atoms in total. The molecule has 7 heteroatoms. The summed E-state index contributed by atoms with van der Waals surface area (Å²) in [5, 5.41) is 0. The standard InChI is InChI=1S/C10H20N2O5/c1-10(2,3)17-9(14)12(4)6-7-16-8(13)11-15-5/h6-7H2,1-5H3,(H,11,13). The summed E-state index contributed by atoms with van der Waals surface area (Å²) in [5.41, 5.74) is 1.45. The number of carbonyl (C=O) groups excluding carboxylic acids is 2. The molecule has 0 aliphatic rings. The van der Waals surface area contributed by atoms with Crippen molar-refractivity contribution in [2.45, 2.75) is 26.4 Å². The molecule has 0 aliphatic carbocycles. The number of rotatable bonds is 4. The van der Waals surface area contributed by atoms with Crippen LogP contribution >= 0.6 is 0 Å². The van der Waals surface area contributed by atoms with Crippen molar-refractivity contribution in [1.82, 2.24) is 10.4 Å². The van der Waals surface area contributed by atoms with E-state index in [0.717, 1.165) is 0 Å². The molecule has 0 rings (SSSR count). The molecule has 1 N–H and O–H groups in total. The normalized spacial score (nSPS) is 10.6. The van der Waals surface area contributed by atoms with E-state index in [9.17, 15) is 9.59 Å². The highest BCUT2D eigenvalue weighted by Gasteiger charge is 2.19. The molecular weight excluding hydrogens is 228 g/mol. The highest BCUT2D eigenvalue weighted by atomic mass is 16.7. The molecule has 0 radical (unpaired) electrons. The third kappa shape index (κ3) is 8.32. The summed E-state index contributed by atoms with van der Waals surface area (Å²) in [7, 11) is 2.86. The number of hydrogen-bond acceptors (Lipinski definition) is 5. The summed E-state index contributed by atoms with van der Waals surface area (Å²) < 4.78 is 9.82. The third-order valence-electron chi connectivity index (χ3n) is 1.55. The highest BCUT2D eigenvalue weighted by Crippen LogP contribution is 2.08. The number of nitrogens with zero attached hydrogens (tertiary/aromatic N) is 1. The van der Waals surface area contributed by atoms with Crippen molar-refractivity contribution < 1.29 is 23.9 Å². The largest absolute Gasteiger partial charge is 0.446 e. The topological polar surface area (TPSA) is 77.1 Å². The molecule has 2 amide bonds. The average molecular weight is 248 g/mol. The van der Waals surface area contributed by atoms with Crippen LogP contribution in [0.1, 0.15) is 20.8 Å². The van der Waals surface area contributed by atoms with Gasteiger partial charge in [-0.2, -0.15) is 5.48 Å². The predicted molar refractivity (Wildman–Crippen MR) is 60.4 cm³/mol. The van der Waals surface area contributed by atoms with Crippen LogP contribution in [-0.4, -0.2) is 50.0 Å². The SMILES string of the molecule is CONC(=O)OCCN(C)C(=O)OC(C)(C)C. The van der Waals surface area contributed by atoms with E-state index < -0.39 is 17.8 Å². The van der Waals surface area contributed by atoms with Gasteiger partial charge in [0, 0.05) is 7.05 Å². The van der Waals surface area contributed by atoms with Gasteiger partial charge in [0.05, 0.1) is 13.7 Å². The van der Waals surface area contributed by atoms with Crippen molar-refractivity contribution in [1.29, 1.82) is 0 Å². The number of ether oxygens (including phenoxy) is 2. The van der Waals surface area contributed by atoms with Crippen LogP contribution in [0.2, 0.25) is 0 Å². The van der Waals surface area contributed by atoms with Crippen molar-refractivity contribution in [2.24, 2.45) is 0 Å². The Kier molecular flexibility index (Phi) is 6.34. The molecule has 0 aliphatic heterocycles. The van der Waals surface area contributed by atoms with Crippen LogP contribution in [0.4, 0.5) is 9.59 Å². The van der Waals surface area contributed by atoms with Crippen molar-refractivity contribution in [2.75, 3.05) is 27.3 Å². The second kappa shape index (κ2) is 6.95. The Morgan fingerprint density at radius 1 is 1.29 bits per heavy atom. The van der Waals surface area contributed by atoms with E-state index in [2.05, 4.69) is 4.84 Å². The van der Waals surface area contributed by atoms with E-state index in [1.54, 1.807) is 27.8 Å². The van der Waals surface area contributed by atoms with Gasteiger partial charge in [-0.15, -0.1) is 0 Å². The summed E-state index contributed by atoms with van der Waals surface area (Å²) in [4.78, 5) is 28.0. The third-order valence-corrected chi connectivity index (χ3v) is 1.55.